The standard InChI is InChI=1S/C17H20N3/c1-3-16-11-17(16,4-2)20-10-9-19-8-6-13-14(15(19)20)12(16)5-7-18-13/h5,7,9-10H,3-4,6,8,11H2,1-2H3/q+1. The van der Waals surface area contributed by atoms with Gasteiger partial charge >= 0.3 is 0 Å². The van der Waals surface area contributed by atoms with Crippen LogP contribution in [0, 0.1) is 0 Å². The van der Waals surface area contributed by atoms with Crippen molar-refractivity contribution < 1.29 is 4.57 Å². The van der Waals surface area contributed by atoms with Gasteiger partial charge < -0.3 is 0 Å². The molecule has 5 rings (SSSR count). The first-order valence-corrected chi connectivity index (χ1v) is 7.87. The van der Waals surface area contributed by atoms with Gasteiger partial charge in [-0.1, -0.05) is 13.8 Å². The van der Waals surface area contributed by atoms with Crippen molar-refractivity contribution in [3.8, 4) is 11.4 Å². The summed E-state index contributed by atoms with van der Waals surface area (Å²) in [6.45, 7) is 5.78. The third-order valence-corrected chi connectivity index (χ3v) is 6.26. The van der Waals surface area contributed by atoms with Crippen molar-refractivity contribution >= 4 is 0 Å². The van der Waals surface area contributed by atoms with Gasteiger partial charge in [-0.2, -0.15) is 0 Å². The van der Waals surface area contributed by atoms with Crippen molar-refractivity contribution in [3.05, 3.63) is 35.9 Å². The number of pyridine rings is 1. The third-order valence-electron chi connectivity index (χ3n) is 6.26. The molecule has 0 radical (unpaired) electrons. The van der Waals surface area contributed by atoms with Crippen LogP contribution in [0.1, 0.15) is 44.4 Å². The highest BCUT2D eigenvalue weighted by Crippen LogP contribution is 2.70. The van der Waals surface area contributed by atoms with Crippen LogP contribution in [0.3, 0.4) is 0 Å². The molecule has 1 fully saturated rings. The first-order chi connectivity index (χ1) is 9.77. The number of nitrogens with zero attached hydrogens (tertiary/aromatic N) is 3. The minimum absolute atomic E-state index is 0.325. The predicted molar refractivity (Wildman–Crippen MR) is 76.4 cm³/mol. The summed E-state index contributed by atoms with van der Waals surface area (Å²) in [4.78, 5) is 4.67. The van der Waals surface area contributed by atoms with Crippen molar-refractivity contribution in [2.45, 2.75) is 57.0 Å². The second kappa shape index (κ2) is 3.16. The lowest BCUT2D eigenvalue weighted by molar-refractivity contribution is -0.687. The Balaban J connectivity index is 1.94. The van der Waals surface area contributed by atoms with E-state index in [-0.39, 0.29) is 0 Å². The molecule has 2 atom stereocenters. The maximum Gasteiger partial charge on any atom is 0.291 e. The molecule has 2 aromatic rings. The van der Waals surface area contributed by atoms with Gasteiger partial charge in [0.15, 0.2) is 0 Å². The fourth-order valence-electron chi connectivity index (χ4n) is 5.18. The Labute approximate surface area is 119 Å². The van der Waals surface area contributed by atoms with Crippen molar-refractivity contribution in [2.24, 2.45) is 0 Å². The molecule has 2 aromatic heterocycles. The molecule has 20 heavy (non-hydrogen) atoms. The van der Waals surface area contributed by atoms with E-state index in [1.165, 1.54) is 36.3 Å². The minimum atomic E-state index is 0.325. The average molecular weight is 266 g/mol. The highest BCUT2D eigenvalue weighted by Gasteiger charge is 2.74. The van der Waals surface area contributed by atoms with Gasteiger partial charge in [0.2, 0.25) is 0 Å². The number of hydrogen-bond acceptors (Lipinski definition) is 1. The summed E-state index contributed by atoms with van der Waals surface area (Å²) in [5, 5.41) is 0. The summed E-state index contributed by atoms with van der Waals surface area (Å²) in [6, 6.07) is 2.30. The van der Waals surface area contributed by atoms with E-state index in [9.17, 15) is 0 Å². The third kappa shape index (κ3) is 0.904. The maximum atomic E-state index is 4.67. The molecule has 3 nitrogen and oxygen atoms in total. The van der Waals surface area contributed by atoms with Crippen LogP contribution in [0.2, 0.25) is 0 Å². The first-order valence-electron chi connectivity index (χ1n) is 7.87. The van der Waals surface area contributed by atoms with Gasteiger partial charge in [-0.05, 0) is 24.5 Å². The molecule has 1 saturated carbocycles. The normalized spacial score (nSPS) is 31.7. The van der Waals surface area contributed by atoms with Gasteiger partial charge in [0.25, 0.3) is 5.82 Å². The van der Waals surface area contributed by atoms with Crippen LogP contribution in [0.25, 0.3) is 11.4 Å². The topological polar surface area (TPSA) is 21.7 Å². The Morgan fingerprint density at radius 2 is 2.25 bits per heavy atom. The Hall–Kier alpha value is -1.64. The number of rotatable bonds is 2. The van der Waals surface area contributed by atoms with Crippen LogP contribution in [0.4, 0.5) is 0 Å². The second-order valence-corrected chi connectivity index (χ2v) is 6.61. The van der Waals surface area contributed by atoms with Crippen LogP contribution in [0.5, 0.6) is 0 Å². The zero-order valence-corrected chi connectivity index (χ0v) is 12.2. The molecular formula is C17H20N3+. The Morgan fingerprint density at radius 1 is 1.35 bits per heavy atom. The number of hydrogen-bond donors (Lipinski definition) is 0. The van der Waals surface area contributed by atoms with E-state index in [0.29, 0.717) is 11.0 Å². The molecule has 0 bridgehead atoms. The van der Waals surface area contributed by atoms with Crippen LogP contribution in [-0.2, 0) is 23.9 Å². The lowest BCUT2D eigenvalue weighted by atomic mass is 9.80. The summed E-state index contributed by atoms with van der Waals surface area (Å²) in [6.07, 6.45) is 11.5. The summed E-state index contributed by atoms with van der Waals surface area (Å²) in [5.74, 6) is 1.41. The predicted octanol–water partition coefficient (Wildman–Crippen LogP) is 2.56. The van der Waals surface area contributed by atoms with Crippen molar-refractivity contribution in [2.75, 3.05) is 0 Å². The zero-order chi connectivity index (χ0) is 13.5. The van der Waals surface area contributed by atoms with Gasteiger partial charge in [-0.25, -0.2) is 9.13 Å². The average Bonchev–Trinajstić information content (AvgIpc) is 3.01. The summed E-state index contributed by atoms with van der Waals surface area (Å²) in [7, 11) is 0. The highest BCUT2D eigenvalue weighted by molar-refractivity contribution is 5.70. The Bertz CT molecular complexity index is 745. The van der Waals surface area contributed by atoms with E-state index in [0.717, 1.165) is 13.0 Å². The van der Waals surface area contributed by atoms with Gasteiger partial charge in [0, 0.05) is 24.5 Å². The Kier molecular flexibility index (Phi) is 1.75. The lowest BCUT2D eigenvalue weighted by Gasteiger charge is -2.31. The van der Waals surface area contributed by atoms with Crippen LogP contribution < -0.4 is 4.57 Å². The molecule has 4 heterocycles. The molecule has 0 aromatic carbocycles. The van der Waals surface area contributed by atoms with Gasteiger partial charge in [0.1, 0.15) is 17.9 Å². The molecule has 3 heteroatoms. The molecule has 3 aliphatic rings. The van der Waals surface area contributed by atoms with Gasteiger partial charge in [-0.15, -0.1) is 0 Å². The lowest BCUT2D eigenvalue weighted by Crippen LogP contribution is -2.44. The SMILES string of the molecule is CCC12CC1(CC)n1cc[n+]3c1-c1c2ccnc1CC3. The maximum absolute atomic E-state index is 4.67. The zero-order valence-electron chi connectivity index (χ0n) is 12.2. The van der Waals surface area contributed by atoms with E-state index < -0.39 is 0 Å². The number of imidazole rings is 1. The number of aryl methyl sites for hydroxylation is 2. The smallest absolute Gasteiger partial charge is 0.260 e. The number of fused-ring (bicyclic) bond motifs is 3. The van der Waals surface area contributed by atoms with Crippen molar-refractivity contribution in [1.29, 1.82) is 0 Å². The quantitative estimate of drug-likeness (QED) is 0.766. The van der Waals surface area contributed by atoms with Crippen molar-refractivity contribution in [3.63, 3.8) is 0 Å². The molecule has 0 saturated heterocycles. The first kappa shape index (κ1) is 11.1. The number of aromatic nitrogens is 3. The molecule has 0 amide bonds. The van der Waals surface area contributed by atoms with E-state index in [4.69, 9.17) is 0 Å². The largest absolute Gasteiger partial charge is 0.291 e. The van der Waals surface area contributed by atoms with E-state index in [1.54, 1.807) is 5.56 Å². The molecule has 102 valence electrons. The highest BCUT2D eigenvalue weighted by atomic mass is 15.3. The minimum Gasteiger partial charge on any atom is -0.260 e. The summed E-state index contributed by atoms with van der Waals surface area (Å²) < 4.78 is 5.02. The molecule has 1 aliphatic carbocycles. The monoisotopic (exact) mass is 266 g/mol. The second-order valence-electron chi connectivity index (χ2n) is 6.61. The molecule has 0 spiro atoms. The molecule has 0 N–H and O–H groups in total. The molecular weight excluding hydrogens is 246 g/mol. The Morgan fingerprint density at radius 3 is 3.05 bits per heavy atom. The van der Waals surface area contributed by atoms with E-state index >= 15 is 0 Å². The summed E-state index contributed by atoms with van der Waals surface area (Å²) in [5.41, 5.74) is 5.02. The van der Waals surface area contributed by atoms with Gasteiger partial charge in [-0.3, -0.25) is 4.98 Å². The molecule has 2 unspecified atom stereocenters. The van der Waals surface area contributed by atoms with Crippen LogP contribution in [-0.4, -0.2) is 9.55 Å². The van der Waals surface area contributed by atoms with Gasteiger partial charge in [0.05, 0.1) is 17.8 Å². The van der Waals surface area contributed by atoms with Crippen LogP contribution >= 0.6 is 0 Å². The van der Waals surface area contributed by atoms with E-state index in [1.807, 2.05) is 6.20 Å². The summed E-state index contributed by atoms with van der Waals surface area (Å²) >= 11 is 0. The van der Waals surface area contributed by atoms with Crippen LogP contribution in [0.15, 0.2) is 24.7 Å². The van der Waals surface area contributed by atoms with E-state index in [2.05, 4.69) is 46.4 Å². The molecule has 2 aliphatic heterocycles. The fraction of sp³-hybridized carbons (Fsp3) is 0.529. The van der Waals surface area contributed by atoms with Crippen molar-refractivity contribution in [1.82, 2.24) is 9.55 Å². The fourth-order valence-corrected chi connectivity index (χ4v) is 5.18.